The first-order chi connectivity index (χ1) is 9.38. The number of carbonyl (C=O) groups is 3. The van der Waals surface area contributed by atoms with Crippen LogP contribution in [0.5, 0.6) is 0 Å². The maximum atomic E-state index is 11.4. The Morgan fingerprint density at radius 1 is 1.25 bits per heavy atom. The van der Waals surface area contributed by atoms with Gasteiger partial charge in [0.1, 0.15) is 17.6 Å². The Kier molecular flexibility index (Phi) is 6.41. The van der Waals surface area contributed by atoms with Gasteiger partial charge in [-0.3, -0.25) is 14.4 Å². The van der Waals surface area contributed by atoms with Gasteiger partial charge < -0.3 is 10.8 Å². The Morgan fingerprint density at radius 3 is 2.35 bits per heavy atom. The molecule has 0 saturated carbocycles. The summed E-state index contributed by atoms with van der Waals surface area (Å²) in [5.74, 6) is -1.00. The van der Waals surface area contributed by atoms with Crippen LogP contribution in [0.3, 0.4) is 0 Å². The van der Waals surface area contributed by atoms with E-state index in [2.05, 4.69) is 0 Å². The van der Waals surface area contributed by atoms with Crippen LogP contribution in [0.2, 0.25) is 0 Å². The second-order valence-corrected chi connectivity index (χ2v) is 5.55. The minimum absolute atomic E-state index is 0.0292. The largest absolute Gasteiger partial charge is 0.480 e. The number of Topliss-reactive ketones (excluding diaryl/α,β-unsaturated/α-hetero) is 2. The summed E-state index contributed by atoms with van der Waals surface area (Å²) < 4.78 is 0. The third-order valence-corrected chi connectivity index (χ3v) is 3.61. The van der Waals surface area contributed by atoms with Gasteiger partial charge >= 0.3 is 5.97 Å². The summed E-state index contributed by atoms with van der Waals surface area (Å²) in [5, 5.41) is 8.72. The van der Waals surface area contributed by atoms with Crippen LogP contribution in [-0.4, -0.2) is 34.4 Å². The summed E-state index contributed by atoms with van der Waals surface area (Å²) in [6, 6.07) is 6.30. The Hall–Kier alpha value is -1.66. The van der Waals surface area contributed by atoms with Crippen LogP contribution < -0.4 is 5.73 Å². The maximum absolute atomic E-state index is 11.4. The molecular formula is C14H17NO4S. The second-order valence-electron chi connectivity index (χ2n) is 4.50. The average Bonchev–Trinajstić information content (AvgIpc) is 2.37. The highest BCUT2D eigenvalue weighted by atomic mass is 32.2. The number of aliphatic carboxylic acids is 1. The molecule has 1 unspecified atom stereocenters. The number of rotatable bonds is 8. The number of carboxylic acid groups (broad SMARTS) is 1. The lowest BCUT2D eigenvalue weighted by Gasteiger charge is -2.07. The van der Waals surface area contributed by atoms with E-state index in [1.807, 2.05) is 12.1 Å². The topological polar surface area (TPSA) is 97.5 Å². The zero-order valence-electron chi connectivity index (χ0n) is 11.2. The highest BCUT2D eigenvalue weighted by Crippen LogP contribution is 2.19. The molecule has 6 heteroatoms. The van der Waals surface area contributed by atoms with Gasteiger partial charge in [-0.05, 0) is 31.0 Å². The molecule has 1 rings (SSSR count). The van der Waals surface area contributed by atoms with Crippen molar-refractivity contribution < 1.29 is 19.5 Å². The van der Waals surface area contributed by atoms with Crippen LogP contribution in [0.1, 0.15) is 18.9 Å². The van der Waals surface area contributed by atoms with Crippen molar-refractivity contribution in [3.05, 3.63) is 29.8 Å². The molecule has 0 spiro atoms. The first-order valence-electron chi connectivity index (χ1n) is 6.09. The molecule has 1 atom stereocenters. The Bertz CT molecular complexity index is 498. The molecule has 0 aromatic heterocycles. The van der Waals surface area contributed by atoms with Crippen LogP contribution in [0.25, 0.3) is 0 Å². The SMILES string of the molecule is CC(=O)CC(=O)CSc1ccc(CC(N)C(=O)O)cc1. The third kappa shape index (κ3) is 5.99. The Labute approximate surface area is 121 Å². The monoisotopic (exact) mass is 295 g/mol. The highest BCUT2D eigenvalue weighted by molar-refractivity contribution is 8.00. The molecule has 0 radical (unpaired) electrons. The van der Waals surface area contributed by atoms with Gasteiger partial charge in [0.2, 0.25) is 0 Å². The predicted molar refractivity (Wildman–Crippen MR) is 76.8 cm³/mol. The summed E-state index contributed by atoms with van der Waals surface area (Å²) in [5.41, 5.74) is 6.28. The van der Waals surface area contributed by atoms with Crippen LogP contribution in [0.15, 0.2) is 29.2 Å². The average molecular weight is 295 g/mol. The van der Waals surface area contributed by atoms with Crippen molar-refractivity contribution in [3.63, 3.8) is 0 Å². The smallest absolute Gasteiger partial charge is 0.320 e. The van der Waals surface area contributed by atoms with Crippen LogP contribution >= 0.6 is 11.8 Å². The Morgan fingerprint density at radius 2 is 1.85 bits per heavy atom. The first kappa shape index (κ1) is 16.4. The summed E-state index contributed by atoms with van der Waals surface area (Å²) in [4.78, 5) is 33.7. The summed E-state index contributed by atoms with van der Waals surface area (Å²) in [6.07, 6.45) is 0.238. The summed E-state index contributed by atoms with van der Waals surface area (Å²) in [6.45, 7) is 1.39. The van der Waals surface area contributed by atoms with Gasteiger partial charge in [-0.1, -0.05) is 12.1 Å². The Balaban J connectivity index is 2.48. The number of benzene rings is 1. The number of nitrogens with two attached hydrogens (primary N) is 1. The molecule has 1 aromatic rings. The molecule has 20 heavy (non-hydrogen) atoms. The van der Waals surface area contributed by atoms with Crippen LogP contribution in [0.4, 0.5) is 0 Å². The van der Waals surface area contributed by atoms with Crippen molar-refractivity contribution >= 4 is 29.3 Å². The van der Waals surface area contributed by atoms with Crippen molar-refractivity contribution in [3.8, 4) is 0 Å². The molecule has 0 aliphatic carbocycles. The molecular weight excluding hydrogens is 278 g/mol. The number of ketones is 2. The van der Waals surface area contributed by atoms with E-state index in [1.54, 1.807) is 12.1 Å². The number of thioether (sulfide) groups is 1. The molecule has 0 saturated heterocycles. The fourth-order valence-corrected chi connectivity index (χ4v) is 2.31. The van der Waals surface area contributed by atoms with Crippen LogP contribution in [0, 0.1) is 0 Å². The number of hydrogen-bond donors (Lipinski definition) is 2. The maximum Gasteiger partial charge on any atom is 0.320 e. The third-order valence-electron chi connectivity index (χ3n) is 2.54. The molecule has 0 bridgehead atoms. The van der Waals surface area contributed by atoms with Gasteiger partial charge in [0.15, 0.2) is 0 Å². The highest BCUT2D eigenvalue weighted by Gasteiger charge is 2.12. The minimum atomic E-state index is -1.03. The molecule has 0 heterocycles. The fraction of sp³-hybridized carbons (Fsp3) is 0.357. The number of carboxylic acids is 1. The van der Waals surface area contributed by atoms with E-state index in [4.69, 9.17) is 10.8 Å². The lowest BCUT2D eigenvalue weighted by molar-refractivity contribution is -0.138. The lowest BCUT2D eigenvalue weighted by atomic mass is 10.1. The fourth-order valence-electron chi connectivity index (χ4n) is 1.56. The van der Waals surface area contributed by atoms with Gasteiger partial charge in [-0.25, -0.2) is 0 Å². The zero-order valence-corrected chi connectivity index (χ0v) is 12.0. The molecule has 0 aliphatic heterocycles. The van der Waals surface area contributed by atoms with E-state index >= 15 is 0 Å². The van der Waals surface area contributed by atoms with Gasteiger partial charge in [-0.15, -0.1) is 11.8 Å². The van der Waals surface area contributed by atoms with Crippen LogP contribution in [-0.2, 0) is 20.8 Å². The van der Waals surface area contributed by atoms with Crippen molar-refractivity contribution in [1.29, 1.82) is 0 Å². The van der Waals surface area contributed by atoms with Gasteiger partial charge in [-0.2, -0.15) is 0 Å². The molecule has 3 N–H and O–H groups in total. The van der Waals surface area contributed by atoms with Gasteiger partial charge in [0.25, 0.3) is 0 Å². The number of hydrogen-bond acceptors (Lipinski definition) is 5. The van der Waals surface area contributed by atoms with E-state index < -0.39 is 12.0 Å². The van der Waals surface area contributed by atoms with Crippen molar-refractivity contribution in [2.45, 2.75) is 30.7 Å². The summed E-state index contributed by atoms with van der Waals surface area (Å²) >= 11 is 1.36. The molecule has 0 amide bonds. The minimum Gasteiger partial charge on any atom is -0.480 e. The zero-order chi connectivity index (χ0) is 15.1. The second kappa shape index (κ2) is 7.81. The first-order valence-corrected chi connectivity index (χ1v) is 7.08. The molecule has 0 fully saturated rings. The number of carbonyl (C=O) groups excluding carboxylic acids is 2. The van der Waals surface area contributed by atoms with Gasteiger partial charge in [0.05, 0.1) is 12.2 Å². The van der Waals surface area contributed by atoms with E-state index in [-0.39, 0.29) is 30.2 Å². The van der Waals surface area contributed by atoms with E-state index in [1.165, 1.54) is 18.7 Å². The van der Waals surface area contributed by atoms with Crippen molar-refractivity contribution in [1.82, 2.24) is 0 Å². The van der Waals surface area contributed by atoms with E-state index in [0.29, 0.717) is 0 Å². The molecule has 108 valence electrons. The standard InChI is InChI=1S/C14H17NO4S/c1-9(16)6-11(17)8-20-12-4-2-10(3-5-12)7-13(15)14(18)19/h2-5,13H,6-8,15H2,1H3,(H,18,19). The molecule has 5 nitrogen and oxygen atoms in total. The van der Waals surface area contributed by atoms with Crippen molar-refractivity contribution in [2.75, 3.05) is 5.75 Å². The lowest BCUT2D eigenvalue weighted by Crippen LogP contribution is -2.32. The molecule has 0 aliphatic rings. The quantitative estimate of drug-likeness (QED) is 0.554. The van der Waals surface area contributed by atoms with E-state index in [9.17, 15) is 14.4 Å². The van der Waals surface area contributed by atoms with Gasteiger partial charge in [0, 0.05) is 4.90 Å². The normalized spacial score (nSPS) is 11.9. The van der Waals surface area contributed by atoms with Crippen molar-refractivity contribution in [2.24, 2.45) is 5.73 Å². The predicted octanol–water partition coefficient (Wildman–Crippen LogP) is 1.28. The molecule has 1 aromatic carbocycles. The van der Waals surface area contributed by atoms with E-state index in [0.717, 1.165) is 10.5 Å². The summed E-state index contributed by atoms with van der Waals surface area (Å²) in [7, 11) is 0.